The first kappa shape index (κ1) is 15.1. The average Bonchev–Trinajstić information content (AvgIpc) is 2.98. The Labute approximate surface area is 135 Å². The second-order valence-electron chi connectivity index (χ2n) is 5.32. The number of pyridine rings is 1. The molecule has 1 N–H and O–H groups in total. The number of nitrogens with one attached hydrogen (secondary N) is 1. The van der Waals surface area contributed by atoms with Crippen molar-refractivity contribution in [3.05, 3.63) is 65.1 Å². The summed E-state index contributed by atoms with van der Waals surface area (Å²) in [6, 6.07) is 10.3. The molecular weight excluding hydrogens is 294 g/mol. The number of aromatic nitrogens is 2. The zero-order valence-corrected chi connectivity index (χ0v) is 13.6. The number of aromatic amines is 1. The van der Waals surface area contributed by atoms with Crippen molar-refractivity contribution in [3.63, 3.8) is 0 Å². The van der Waals surface area contributed by atoms with Gasteiger partial charge in [-0.25, -0.2) is 0 Å². The summed E-state index contributed by atoms with van der Waals surface area (Å²) in [6.07, 6.45) is 5.83. The standard InChI is InChI=1S/C18H20ClN3/c1-3-22(4-2)18(13-7-6-10-20-11-13)14-12-21-16-9-5-8-15(19)17(14)16/h5-12,18,21H,3-4H2,1-2H3. The van der Waals surface area contributed by atoms with Crippen molar-refractivity contribution in [3.8, 4) is 0 Å². The van der Waals surface area contributed by atoms with Crippen LogP contribution >= 0.6 is 11.6 Å². The van der Waals surface area contributed by atoms with Gasteiger partial charge in [-0.1, -0.05) is 37.6 Å². The topological polar surface area (TPSA) is 31.9 Å². The van der Waals surface area contributed by atoms with Crippen LogP contribution in [-0.4, -0.2) is 28.0 Å². The summed E-state index contributed by atoms with van der Waals surface area (Å²) in [4.78, 5) is 10.1. The van der Waals surface area contributed by atoms with E-state index in [1.165, 1.54) is 11.1 Å². The molecule has 0 aliphatic rings. The van der Waals surface area contributed by atoms with Gasteiger partial charge in [0.25, 0.3) is 0 Å². The molecule has 0 saturated carbocycles. The van der Waals surface area contributed by atoms with Gasteiger partial charge in [-0.05, 0) is 36.9 Å². The summed E-state index contributed by atoms with van der Waals surface area (Å²) in [5.41, 5.74) is 3.47. The van der Waals surface area contributed by atoms with E-state index in [9.17, 15) is 0 Å². The quantitative estimate of drug-likeness (QED) is 0.743. The number of halogens is 1. The Balaban J connectivity index is 2.20. The summed E-state index contributed by atoms with van der Waals surface area (Å²) < 4.78 is 0. The van der Waals surface area contributed by atoms with Crippen LogP contribution in [0.15, 0.2) is 48.9 Å². The Morgan fingerprint density at radius 1 is 1.18 bits per heavy atom. The Morgan fingerprint density at radius 2 is 2.00 bits per heavy atom. The van der Waals surface area contributed by atoms with Gasteiger partial charge in [0, 0.05) is 35.1 Å². The molecule has 0 spiro atoms. The van der Waals surface area contributed by atoms with Crippen LogP contribution in [0.3, 0.4) is 0 Å². The van der Waals surface area contributed by atoms with Crippen LogP contribution < -0.4 is 0 Å². The molecule has 0 radical (unpaired) electrons. The molecule has 114 valence electrons. The van der Waals surface area contributed by atoms with Gasteiger partial charge in [-0.15, -0.1) is 0 Å². The van der Waals surface area contributed by atoms with Gasteiger partial charge in [0.2, 0.25) is 0 Å². The molecule has 22 heavy (non-hydrogen) atoms. The molecule has 0 fully saturated rings. The molecule has 0 amide bonds. The summed E-state index contributed by atoms with van der Waals surface area (Å²) in [7, 11) is 0. The van der Waals surface area contributed by atoms with Gasteiger partial charge in [0.1, 0.15) is 0 Å². The first-order chi connectivity index (χ1) is 10.8. The maximum Gasteiger partial charge on any atom is 0.0638 e. The van der Waals surface area contributed by atoms with Gasteiger partial charge in [0.15, 0.2) is 0 Å². The van der Waals surface area contributed by atoms with E-state index in [1.54, 1.807) is 0 Å². The van der Waals surface area contributed by atoms with Crippen LogP contribution in [0.5, 0.6) is 0 Å². The van der Waals surface area contributed by atoms with Crippen molar-refractivity contribution >= 4 is 22.5 Å². The van der Waals surface area contributed by atoms with E-state index in [1.807, 2.05) is 30.6 Å². The molecule has 1 aromatic carbocycles. The molecule has 3 aromatic rings. The average molecular weight is 314 g/mol. The van der Waals surface area contributed by atoms with Crippen LogP contribution in [0.25, 0.3) is 10.9 Å². The number of H-pyrrole nitrogens is 1. The Hall–Kier alpha value is -1.84. The van der Waals surface area contributed by atoms with Crippen molar-refractivity contribution in [1.82, 2.24) is 14.9 Å². The lowest BCUT2D eigenvalue weighted by Crippen LogP contribution is -2.29. The maximum atomic E-state index is 6.47. The van der Waals surface area contributed by atoms with E-state index < -0.39 is 0 Å². The molecule has 0 aliphatic heterocycles. The minimum Gasteiger partial charge on any atom is -0.361 e. The van der Waals surface area contributed by atoms with E-state index in [4.69, 9.17) is 11.6 Å². The summed E-state index contributed by atoms with van der Waals surface area (Å²) >= 11 is 6.47. The summed E-state index contributed by atoms with van der Waals surface area (Å²) in [5, 5.41) is 1.89. The molecule has 1 atom stereocenters. The first-order valence-corrected chi connectivity index (χ1v) is 8.03. The lowest BCUT2D eigenvalue weighted by Gasteiger charge is -2.30. The van der Waals surface area contributed by atoms with E-state index in [2.05, 4.69) is 47.0 Å². The minimum atomic E-state index is 0.150. The zero-order valence-electron chi connectivity index (χ0n) is 12.9. The highest BCUT2D eigenvalue weighted by atomic mass is 35.5. The lowest BCUT2D eigenvalue weighted by atomic mass is 9.97. The van der Waals surface area contributed by atoms with Gasteiger partial charge in [-0.3, -0.25) is 9.88 Å². The second kappa shape index (κ2) is 6.51. The zero-order chi connectivity index (χ0) is 15.5. The first-order valence-electron chi connectivity index (χ1n) is 7.65. The SMILES string of the molecule is CCN(CC)C(c1cccnc1)c1c[nH]c2cccc(Cl)c12. The fraction of sp³-hybridized carbons (Fsp3) is 0.278. The highest BCUT2D eigenvalue weighted by molar-refractivity contribution is 6.35. The van der Waals surface area contributed by atoms with E-state index in [-0.39, 0.29) is 6.04 Å². The second-order valence-corrected chi connectivity index (χ2v) is 5.72. The largest absolute Gasteiger partial charge is 0.361 e. The maximum absolute atomic E-state index is 6.47. The van der Waals surface area contributed by atoms with Crippen molar-refractivity contribution in [1.29, 1.82) is 0 Å². The molecular formula is C18H20ClN3. The predicted molar refractivity (Wildman–Crippen MR) is 92.3 cm³/mol. The van der Waals surface area contributed by atoms with E-state index in [0.717, 1.165) is 29.0 Å². The molecule has 1 unspecified atom stereocenters. The predicted octanol–water partition coefficient (Wildman–Crippen LogP) is 4.65. The van der Waals surface area contributed by atoms with Crippen molar-refractivity contribution < 1.29 is 0 Å². The van der Waals surface area contributed by atoms with Gasteiger partial charge < -0.3 is 4.98 Å². The summed E-state index contributed by atoms with van der Waals surface area (Å²) in [6.45, 7) is 6.30. The number of nitrogens with zero attached hydrogens (tertiary/aromatic N) is 2. The van der Waals surface area contributed by atoms with Gasteiger partial charge in [0.05, 0.1) is 11.1 Å². The minimum absolute atomic E-state index is 0.150. The molecule has 2 aromatic heterocycles. The monoisotopic (exact) mass is 313 g/mol. The molecule has 3 rings (SSSR count). The Morgan fingerprint density at radius 3 is 2.68 bits per heavy atom. The van der Waals surface area contributed by atoms with E-state index in [0.29, 0.717) is 0 Å². The smallest absolute Gasteiger partial charge is 0.0638 e. The highest BCUT2D eigenvalue weighted by Crippen LogP contribution is 2.36. The fourth-order valence-electron chi connectivity index (χ4n) is 3.09. The molecule has 0 bridgehead atoms. The van der Waals surface area contributed by atoms with Crippen LogP contribution in [-0.2, 0) is 0 Å². The summed E-state index contributed by atoms with van der Waals surface area (Å²) in [5.74, 6) is 0. The van der Waals surface area contributed by atoms with Crippen molar-refractivity contribution in [2.45, 2.75) is 19.9 Å². The van der Waals surface area contributed by atoms with Crippen LogP contribution in [0.2, 0.25) is 5.02 Å². The van der Waals surface area contributed by atoms with Crippen LogP contribution in [0.1, 0.15) is 31.0 Å². The third-order valence-corrected chi connectivity index (χ3v) is 4.47. The molecule has 0 saturated heterocycles. The highest BCUT2D eigenvalue weighted by Gasteiger charge is 2.24. The fourth-order valence-corrected chi connectivity index (χ4v) is 3.38. The van der Waals surface area contributed by atoms with Crippen molar-refractivity contribution in [2.75, 3.05) is 13.1 Å². The molecule has 0 aliphatic carbocycles. The lowest BCUT2D eigenvalue weighted by molar-refractivity contribution is 0.251. The molecule has 4 heteroatoms. The number of fused-ring (bicyclic) bond motifs is 1. The molecule has 3 nitrogen and oxygen atoms in total. The Bertz CT molecular complexity index is 747. The number of rotatable bonds is 5. The third kappa shape index (κ3) is 2.62. The van der Waals surface area contributed by atoms with Gasteiger partial charge >= 0.3 is 0 Å². The van der Waals surface area contributed by atoms with Crippen molar-refractivity contribution in [2.24, 2.45) is 0 Å². The third-order valence-electron chi connectivity index (χ3n) is 4.16. The number of hydrogen-bond acceptors (Lipinski definition) is 2. The normalized spacial score (nSPS) is 12.9. The van der Waals surface area contributed by atoms with Crippen LogP contribution in [0, 0.1) is 0 Å². The van der Waals surface area contributed by atoms with E-state index >= 15 is 0 Å². The van der Waals surface area contributed by atoms with Crippen LogP contribution in [0.4, 0.5) is 0 Å². The van der Waals surface area contributed by atoms with Gasteiger partial charge in [-0.2, -0.15) is 0 Å². The number of benzene rings is 1. The molecule has 2 heterocycles. The Kier molecular flexibility index (Phi) is 4.46. The number of hydrogen-bond donors (Lipinski definition) is 1.